The van der Waals surface area contributed by atoms with Crippen LogP contribution >= 0.6 is 27.5 Å². The molecule has 0 bridgehead atoms. The molecule has 2 amide bonds. The van der Waals surface area contributed by atoms with E-state index in [1.54, 1.807) is 28.6 Å². The Morgan fingerprint density at radius 3 is 2.54 bits per heavy atom. The summed E-state index contributed by atoms with van der Waals surface area (Å²) in [7, 11) is 1.71. The van der Waals surface area contributed by atoms with E-state index in [-0.39, 0.29) is 22.7 Å². The maximum absolute atomic E-state index is 12.7. The van der Waals surface area contributed by atoms with Crippen LogP contribution in [0.15, 0.2) is 29.0 Å². The van der Waals surface area contributed by atoms with E-state index in [2.05, 4.69) is 26.2 Å². The van der Waals surface area contributed by atoms with Crippen molar-refractivity contribution in [2.24, 2.45) is 13.0 Å². The zero-order chi connectivity index (χ0) is 20.4. The van der Waals surface area contributed by atoms with Crippen molar-refractivity contribution in [3.8, 4) is 0 Å². The van der Waals surface area contributed by atoms with Crippen molar-refractivity contribution in [1.29, 1.82) is 0 Å². The monoisotopic (exact) mass is 470 g/mol. The molecule has 1 saturated heterocycles. The molecular formula is C18H20BrClN4O4. The van der Waals surface area contributed by atoms with Gasteiger partial charge in [-0.1, -0.05) is 11.6 Å². The highest BCUT2D eigenvalue weighted by Crippen LogP contribution is 2.26. The van der Waals surface area contributed by atoms with Crippen molar-refractivity contribution in [2.75, 3.05) is 18.4 Å². The summed E-state index contributed by atoms with van der Waals surface area (Å²) in [5.41, 5.74) is 0.787. The number of aliphatic hydroxyl groups excluding tert-OH is 1. The van der Waals surface area contributed by atoms with Crippen LogP contribution < -0.4 is 5.32 Å². The lowest BCUT2D eigenvalue weighted by atomic mass is 9.96. The first-order valence-electron chi connectivity index (χ1n) is 8.71. The Morgan fingerprint density at radius 1 is 1.32 bits per heavy atom. The highest BCUT2D eigenvalue weighted by Gasteiger charge is 2.28. The molecule has 1 aliphatic rings. The van der Waals surface area contributed by atoms with Gasteiger partial charge in [0, 0.05) is 31.7 Å². The van der Waals surface area contributed by atoms with Crippen LogP contribution in [0.3, 0.4) is 0 Å². The lowest BCUT2D eigenvalue weighted by molar-refractivity contribution is -0.0963. The quantitative estimate of drug-likeness (QED) is 0.593. The van der Waals surface area contributed by atoms with E-state index < -0.39 is 12.2 Å². The van der Waals surface area contributed by atoms with Gasteiger partial charge in [0.2, 0.25) is 0 Å². The van der Waals surface area contributed by atoms with Crippen LogP contribution in [0, 0.1) is 5.92 Å². The third kappa shape index (κ3) is 4.38. The molecule has 0 unspecified atom stereocenters. The predicted molar refractivity (Wildman–Crippen MR) is 107 cm³/mol. The number of halogens is 2. The van der Waals surface area contributed by atoms with Gasteiger partial charge in [0.1, 0.15) is 4.60 Å². The van der Waals surface area contributed by atoms with Gasteiger partial charge < -0.3 is 25.0 Å². The summed E-state index contributed by atoms with van der Waals surface area (Å²) in [6.45, 7) is 0.869. The Morgan fingerprint density at radius 2 is 2.00 bits per heavy atom. The predicted octanol–water partition coefficient (Wildman–Crippen LogP) is 2.25. The number of rotatable bonds is 4. The molecule has 10 heteroatoms. The Bertz CT molecular complexity index is 894. The Labute approximate surface area is 175 Å². The number of carbonyl (C=O) groups excluding carboxylic acids is 2. The SMILES string of the molecule is Cn1c(Br)cnc1C(=O)Nc1ccc(C(=O)N2CCC(C(O)O)CC2)c(Cl)c1. The molecule has 0 aliphatic carbocycles. The molecule has 1 aliphatic heterocycles. The van der Waals surface area contributed by atoms with Crippen molar-refractivity contribution in [3.63, 3.8) is 0 Å². The highest BCUT2D eigenvalue weighted by molar-refractivity contribution is 9.10. The van der Waals surface area contributed by atoms with Gasteiger partial charge in [-0.05, 0) is 47.0 Å². The van der Waals surface area contributed by atoms with Gasteiger partial charge in [-0.3, -0.25) is 9.59 Å². The third-order valence-corrected chi connectivity index (χ3v) is 5.89. The number of hydrogen-bond acceptors (Lipinski definition) is 5. The number of amides is 2. The van der Waals surface area contributed by atoms with Gasteiger partial charge in [0.05, 0.1) is 16.8 Å². The summed E-state index contributed by atoms with van der Waals surface area (Å²) >= 11 is 9.57. The van der Waals surface area contributed by atoms with Gasteiger partial charge in [-0.15, -0.1) is 0 Å². The standard InChI is InChI=1S/C18H20BrClN4O4/c1-23-14(19)9-21-15(23)16(25)22-11-2-3-12(13(20)8-11)17(26)24-6-4-10(5-7-24)18(27)28/h2-3,8-10,18,27-28H,4-7H2,1H3,(H,22,25). The number of hydrogen-bond donors (Lipinski definition) is 3. The largest absolute Gasteiger partial charge is 0.368 e. The summed E-state index contributed by atoms with van der Waals surface area (Å²) < 4.78 is 2.27. The maximum Gasteiger partial charge on any atom is 0.291 e. The summed E-state index contributed by atoms with van der Waals surface area (Å²) in [6, 6.07) is 4.70. The number of imidazole rings is 1. The third-order valence-electron chi connectivity index (χ3n) is 4.84. The van der Waals surface area contributed by atoms with E-state index >= 15 is 0 Å². The average Bonchev–Trinajstić information content (AvgIpc) is 3.00. The van der Waals surface area contributed by atoms with Gasteiger partial charge in [0.15, 0.2) is 12.1 Å². The molecule has 3 rings (SSSR count). The molecule has 28 heavy (non-hydrogen) atoms. The van der Waals surface area contributed by atoms with Crippen molar-refractivity contribution in [3.05, 3.63) is 45.4 Å². The van der Waals surface area contributed by atoms with E-state index in [1.807, 2.05) is 0 Å². The first-order valence-corrected chi connectivity index (χ1v) is 9.88. The van der Waals surface area contributed by atoms with Gasteiger partial charge >= 0.3 is 0 Å². The minimum Gasteiger partial charge on any atom is -0.368 e. The summed E-state index contributed by atoms with van der Waals surface area (Å²) in [5, 5.41) is 21.4. The Kier molecular flexibility index (Phi) is 6.39. The van der Waals surface area contributed by atoms with Gasteiger partial charge in [-0.25, -0.2) is 4.98 Å². The molecule has 2 aromatic rings. The number of aromatic nitrogens is 2. The molecule has 150 valence electrons. The van der Waals surface area contributed by atoms with Crippen LogP contribution in [0.1, 0.15) is 33.8 Å². The number of carbonyl (C=O) groups is 2. The Balaban J connectivity index is 1.68. The fourth-order valence-electron chi connectivity index (χ4n) is 3.12. The van der Waals surface area contributed by atoms with Crippen LogP contribution in [0.4, 0.5) is 5.69 Å². The minimum atomic E-state index is -1.36. The maximum atomic E-state index is 12.7. The second-order valence-electron chi connectivity index (χ2n) is 6.66. The number of nitrogens with zero attached hydrogens (tertiary/aromatic N) is 3. The van der Waals surface area contributed by atoms with E-state index in [0.717, 1.165) is 0 Å². The topological polar surface area (TPSA) is 108 Å². The second kappa shape index (κ2) is 8.60. The first-order chi connectivity index (χ1) is 13.3. The number of likely N-dealkylation sites (tertiary alicyclic amines) is 1. The van der Waals surface area contributed by atoms with Crippen LogP contribution in [-0.4, -0.2) is 55.9 Å². The molecule has 0 atom stereocenters. The molecule has 0 saturated carbocycles. The molecular weight excluding hydrogens is 452 g/mol. The zero-order valence-corrected chi connectivity index (χ0v) is 17.4. The lowest BCUT2D eigenvalue weighted by Crippen LogP contribution is -2.41. The number of benzene rings is 1. The minimum absolute atomic E-state index is 0.219. The smallest absolute Gasteiger partial charge is 0.291 e. The van der Waals surface area contributed by atoms with E-state index in [9.17, 15) is 19.8 Å². The lowest BCUT2D eigenvalue weighted by Gasteiger charge is -2.32. The van der Waals surface area contributed by atoms with Crippen molar-refractivity contribution >= 4 is 45.0 Å². The van der Waals surface area contributed by atoms with Crippen molar-refractivity contribution in [2.45, 2.75) is 19.1 Å². The molecule has 1 fully saturated rings. The number of anilines is 1. The molecule has 0 radical (unpaired) electrons. The zero-order valence-electron chi connectivity index (χ0n) is 15.1. The molecule has 8 nitrogen and oxygen atoms in total. The summed E-state index contributed by atoms with van der Waals surface area (Å²) in [6.07, 6.45) is 1.22. The fourth-order valence-corrected chi connectivity index (χ4v) is 3.66. The van der Waals surface area contributed by atoms with Crippen LogP contribution in [-0.2, 0) is 7.05 Å². The second-order valence-corrected chi connectivity index (χ2v) is 7.88. The Hall–Kier alpha value is -1.94. The highest BCUT2D eigenvalue weighted by atomic mass is 79.9. The van der Waals surface area contributed by atoms with Crippen molar-refractivity contribution in [1.82, 2.24) is 14.5 Å². The van der Waals surface area contributed by atoms with Gasteiger partial charge in [-0.2, -0.15) is 0 Å². The molecule has 2 heterocycles. The van der Waals surface area contributed by atoms with Gasteiger partial charge in [0.25, 0.3) is 11.8 Å². The van der Waals surface area contributed by atoms with E-state index in [0.29, 0.717) is 41.8 Å². The van der Waals surface area contributed by atoms with E-state index in [4.69, 9.17) is 11.6 Å². The number of piperidine rings is 1. The normalized spacial score (nSPS) is 15.1. The van der Waals surface area contributed by atoms with E-state index in [1.165, 1.54) is 12.3 Å². The van der Waals surface area contributed by atoms with Crippen LogP contribution in [0.25, 0.3) is 0 Å². The first kappa shape index (κ1) is 20.8. The molecule has 0 spiro atoms. The average molecular weight is 472 g/mol. The molecule has 3 N–H and O–H groups in total. The fraction of sp³-hybridized carbons (Fsp3) is 0.389. The molecule has 1 aromatic heterocycles. The number of aliphatic hydroxyl groups is 2. The van der Waals surface area contributed by atoms with Crippen LogP contribution in [0.2, 0.25) is 5.02 Å². The summed E-state index contributed by atoms with van der Waals surface area (Å²) in [4.78, 5) is 30.7. The van der Waals surface area contributed by atoms with Crippen LogP contribution in [0.5, 0.6) is 0 Å². The van der Waals surface area contributed by atoms with Crippen molar-refractivity contribution < 1.29 is 19.8 Å². The molecule has 1 aromatic carbocycles. The number of nitrogens with one attached hydrogen (secondary N) is 1. The summed E-state index contributed by atoms with van der Waals surface area (Å²) in [5.74, 6) is -0.602.